The fraction of sp³-hybridized carbons (Fsp3) is 0.0435. The van der Waals surface area contributed by atoms with Gasteiger partial charge in [-0.25, -0.2) is 9.78 Å². The zero-order valence-corrected chi connectivity index (χ0v) is 16.8. The van der Waals surface area contributed by atoms with Gasteiger partial charge in [-0.3, -0.25) is 0 Å². The molecule has 4 rings (SSSR count). The lowest BCUT2D eigenvalue weighted by molar-refractivity contribution is -0.136. The van der Waals surface area contributed by atoms with Gasteiger partial charge in [-0.05, 0) is 24.3 Å². The van der Waals surface area contributed by atoms with E-state index in [1.165, 1.54) is 29.5 Å². The highest BCUT2D eigenvalue weighted by molar-refractivity contribution is 7.13. The molecule has 0 atom stereocenters. The van der Waals surface area contributed by atoms with E-state index in [1.54, 1.807) is 24.3 Å². The second-order valence-electron chi connectivity index (χ2n) is 6.60. The van der Waals surface area contributed by atoms with Crippen LogP contribution in [0.25, 0.3) is 21.8 Å². The van der Waals surface area contributed by atoms with Crippen molar-refractivity contribution in [2.24, 2.45) is 0 Å². The average Bonchev–Trinajstić information content (AvgIpc) is 3.25. The Balaban J connectivity index is 1.44. The maximum absolute atomic E-state index is 13.1. The van der Waals surface area contributed by atoms with Crippen LogP contribution in [0.5, 0.6) is 0 Å². The molecule has 0 saturated carbocycles. The monoisotopic (exact) mass is 439 g/mol. The Hall–Kier alpha value is -3.65. The van der Waals surface area contributed by atoms with Gasteiger partial charge in [-0.1, -0.05) is 54.6 Å². The number of hydrogen-bond acceptors (Lipinski definition) is 3. The first-order valence-electron chi connectivity index (χ1n) is 9.26. The Labute approximate surface area is 180 Å². The molecule has 156 valence electrons. The number of nitrogens with one attached hydrogen (secondary N) is 2. The molecule has 2 amide bonds. The number of carbonyl (C=O) groups excluding carboxylic acids is 1. The molecule has 4 nitrogen and oxygen atoms in total. The largest absolute Gasteiger partial charge is 0.418 e. The molecule has 0 bridgehead atoms. The van der Waals surface area contributed by atoms with Gasteiger partial charge in [0.25, 0.3) is 0 Å². The number of alkyl halides is 3. The van der Waals surface area contributed by atoms with Crippen molar-refractivity contribution in [3.05, 3.63) is 89.8 Å². The molecule has 0 saturated heterocycles. The Morgan fingerprint density at radius 3 is 2.19 bits per heavy atom. The van der Waals surface area contributed by atoms with E-state index in [-0.39, 0.29) is 5.69 Å². The first-order chi connectivity index (χ1) is 14.9. The van der Waals surface area contributed by atoms with Crippen LogP contribution in [0.4, 0.5) is 29.3 Å². The van der Waals surface area contributed by atoms with Crippen molar-refractivity contribution in [1.29, 1.82) is 0 Å². The number of aromatic nitrogens is 1. The number of para-hydroxylation sites is 1. The summed E-state index contributed by atoms with van der Waals surface area (Å²) in [6.45, 7) is 0. The highest BCUT2D eigenvalue weighted by Crippen LogP contribution is 2.34. The molecule has 0 aliphatic carbocycles. The zero-order valence-electron chi connectivity index (χ0n) is 16.0. The van der Waals surface area contributed by atoms with Crippen molar-refractivity contribution < 1.29 is 18.0 Å². The summed E-state index contributed by atoms with van der Waals surface area (Å²) in [6.07, 6.45) is -4.56. The van der Waals surface area contributed by atoms with Crippen LogP contribution in [0.1, 0.15) is 5.56 Å². The average molecular weight is 439 g/mol. The second-order valence-corrected chi connectivity index (χ2v) is 7.46. The summed E-state index contributed by atoms with van der Waals surface area (Å²) in [5.74, 6) is 0. The van der Waals surface area contributed by atoms with E-state index < -0.39 is 17.8 Å². The number of halogens is 3. The molecule has 0 spiro atoms. The van der Waals surface area contributed by atoms with Crippen LogP contribution in [0.3, 0.4) is 0 Å². The Bertz CT molecular complexity index is 1190. The number of amides is 2. The van der Waals surface area contributed by atoms with Crippen LogP contribution in [-0.4, -0.2) is 11.0 Å². The number of anilines is 2. The number of carbonyl (C=O) groups is 1. The molecule has 31 heavy (non-hydrogen) atoms. The summed E-state index contributed by atoms with van der Waals surface area (Å²) >= 11 is 1.53. The number of thiazole rings is 1. The lowest BCUT2D eigenvalue weighted by Gasteiger charge is -2.14. The first kappa shape index (κ1) is 20.6. The highest BCUT2D eigenvalue weighted by Gasteiger charge is 2.33. The molecule has 2 N–H and O–H groups in total. The molecule has 1 aromatic heterocycles. The van der Waals surface area contributed by atoms with Crippen LogP contribution >= 0.6 is 11.3 Å². The highest BCUT2D eigenvalue weighted by atomic mass is 32.1. The van der Waals surface area contributed by atoms with Crippen LogP contribution in [-0.2, 0) is 6.18 Å². The summed E-state index contributed by atoms with van der Waals surface area (Å²) in [5.41, 5.74) is 1.95. The van der Waals surface area contributed by atoms with Crippen LogP contribution in [0.2, 0.25) is 0 Å². The van der Waals surface area contributed by atoms with Gasteiger partial charge in [0.05, 0.1) is 16.9 Å². The predicted molar refractivity (Wildman–Crippen MR) is 117 cm³/mol. The van der Waals surface area contributed by atoms with Gasteiger partial charge in [0.1, 0.15) is 5.01 Å². The van der Waals surface area contributed by atoms with Crippen molar-refractivity contribution in [3.63, 3.8) is 0 Å². The van der Waals surface area contributed by atoms with Crippen molar-refractivity contribution in [3.8, 4) is 21.8 Å². The summed E-state index contributed by atoms with van der Waals surface area (Å²) < 4.78 is 39.2. The quantitative estimate of drug-likeness (QED) is 0.355. The third kappa shape index (κ3) is 4.92. The van der Waals surface area contributed by atoms with Crippen LogP contribution in [0.15, 0.2) is 84.2 Å². The molecule has 0 fully saturated rings. The van der Waals surface area contributed by atoms with Crippen molar-refractivity contribution >= 4 is 28.7 Å². The SMILES string of the molecule is O=C(Nc1ccc(-c2csc(-c3ccccc3)n2)cc1)Nc1ccccc1C(F)(F)F. The summed E-state index contributed by atoms with van der Waals surface area (Å²) in [4.78, 5) is 16.8. The van der Waals surface area contributed by atoms with Gasteiger partial charge in [0, 0.05) is 22.2 Å². The molecular formula is C23H16F3N3OS. The minimum atomic E-state index is -4.56. The topological polar surface area (TPSA) is 54.0 Å². The van der Waals surface area contributed by atoms with E-state index in [4.69, 9.17) is 0 Å². The fourth-order valence-corrected chi connectivity index (χ4v) is 3.80. The first-order valence-corrected chi connectivity index (χ1v) is 10.1. The second kappa shape index (κ2) is 8.61. The summed E-state index contributed by atoms with van der Waals surface area (Å²) in [7, 11) is 0. The van der Waals surface area contributed by atoms with Crippen LogP contribution < -0.4 is 10.6 Å². The standard InChI is InChI=1S/C23H16F3N3OS/c24-23(25,26)18-8-4-5-9-19(18)29-22(30)27-17-12-10-15(11-13-17)20-14-31-21(28-20)16-6-2-1-3-7-16/h1-14H,(H2,27,29,30). The predicted octanol–water partition coefficient (Wildman–Crippen LogP) is 7.14. The molecule has 0 aliphatic heterocycles. The summed E-state index contributed by atoms with van der Waals surface area (Å²) in [5, 5.41) is 7.65. The van der Waals surface area contributed by atoms with E-state index in [9.17, 15) is 18.0 Å². The Morgan fingerprint density at radius 2 is 1.48 bits per heavy atom. The maximum atomic E-state index is 13.1. The maximum Gasteiger partial charge on any atom is 0.418 e. The molecule has 4 aromatic rings. The molecule has 8 heteroatoms. The lowest BCUT2D eigenvalue weighted by Crippen LogP contribution is -2.21. The number of nitrogens with zero attached hydrogens (tertiary/aromatic N) is 1. The Kier molecular flexibility index (Phi) is 5.73. The number of hydrogen-bond donors (Lipinski definition) is 2. The number of benzene rings is 3. The molecule has 1 heterocycles. The van der Waals surface area contributed by atoms with Gasteiger partial charge in [0.2, 0.25) is 0 Å². The molecule has 0 aliphatic rings. The molecule has 0 radical (unpaired) electrons. The minimum Gasteiger partial charge on any atom is -0.308 e. The smallest absolute Gasteiger partial charge is 0.308 e. The minimum absolute atomic E-state index is 0.306. The Morgan fingerprint density at radius 1 is 0.806 bits per heavy atom. The normalized spacial score (nSPS) is 11.2. The van der Waals surface area contributed by atoms with E-state index in [0.29, 0.717) is 5.69 Å². The molecule has 0 unspecified atom stereocenters. The van der Waals surface area contributed by atoms with Crippen molar-refractivity contribution in [2.45, 2.75) is 6.18 Å². The molecular weight excluding hydrogens is 423 g/mol. The lowest BCUT2D eigenvalue weighted by atomic mass is 10.1. The van der Waals surface area contributed by atoms with Gasteiger partial charge >= 0.3 is 12.2 Å². The number of rotatable bonds is 4. The van der Waals surface area contributed by atoms with Crippen molar-refractivity contribution in [1.82, 2.24) is 4.98 Å². The van der Waals surface area contributed by atoms with E-state index in [2.05, 4.69) is 15.6 Å². The third-order valence-electron chi connectivity index (χ3n) is 4.44. The van der Waals surface area contributed by atoms with Gasteiger partial charge < -0.3 is 10.6 Å². The fourth-order valence-electron chi connectivity index (χ4n) is 2.97. The van der Waals surface area contributed by atoms with Gasteiger partial charge in [-0.15, -0.1) is 11.3 Å². The zero-order chi connectivity index (χ0) is 21.8. The number of urea groups is 1. The summed E-state index contributed by atoms with van der Waals surface area (Å²) in [6, 6.07) is 20.8. The van der Waals surface area contributed by atoms with Crippen LogP contribution in [0, 0.1) is 0 Å². The third-order valence-corrected chi connectivity index (χ3v) is 5.34. The molecule has 3 aromatic carbocycles. The van der Waals surface area contributed by atoms with E-state index >= 15 is 0 Å². The van der Waals surface area contributed by atoms with Gasteiger partial charge in [0.15, 0.2) is 0 Å². The van der Waals surface area contributed by atoms with E-state index in [0.717, 1.165) is 27.9 Å². The van der Waals surface area contributed by atoms with Crippen molar-refractivity contribution in [2.75, 3.05) is 10.6 Å². The van der Waals surface area contributed by atoms with E-state index in [1.807, 2.05) is 35.7 Å². The van der Waals surface area contributed by atoms with Gasteiger partial charge in [-0.2, -0.15) is 13.2 Å².